The number of amides is 2. The van der Waals surface area contributed by atoms with Gasteiger partial charge in [-0.05, 0) is 17.7 Å². The van der Waals surface area contributed by atoms with Crippen molar-refractivity contribution in [3.05, 3.63) is 34.9 Å². The first-order valence-corrected chi connectivity index (χ1v) is 7.57. The second kappa shape index (κ2) is 6.24. The molecule has 0 saturated carbocycles. The molecule has 6 nitrogen and oxygen atoms in total. The first kappa shape index (κ1) is 15.3. The van der Waals surface area contributed by atoms with Gasteiger partial charge in [-0.1, -0.05) is 23.7 Å². The van der Waals surface area contributed by atoms with E-state index in [4.69, 9.17) is 22.1 Å². The lowest BCUT2D eigenvalue weighted by atomic mass is 10.1. The third-order valence-electron chi connectivity index (χ3n) is 4.10. The van der Waals surface area contributed by atoms with Crippen LogP contribution in [0.2, 0.25) is 5.02 Å². The summed E-state index contributed by atoms with van der Waals surface area (Å²) in [4.78, 5) is 26.9. The van der Waals surface area contributed by atoms with Crippen LogP contribution in [0.4, 0.5) is 0 Å². The van der Waals surface area contributed by atoms with E-state index in [1.165, 1.54) is 0 Å². The summed E-state index contributed by atoms with van der Waals surface area (Å²) in [7, 11) is 0. The lowest BCUT2D eigenvalue weighted by molar-refractivity contribution is -0.155. The third kappa shape index (κ3) is 3.24. The van der Waals surface area contributed by atoms with Crippen molar-refractivity contribution in [3.8, 4) is 0 Å². The molecule has 2 atom stereocenters. The number of halogens is 1. The van der Waals surface area contributed by atoms with E-state index in [9.17, 15) is 9.59 Å². The molecule has 0 aliphatic carbocycles. The van der Waals surface area contributed by atoms with Crippen LogP contribution in [-0.4, -0.2) is 60.0 Å². The summed E-state index contributed by atoms with van der Waals surface area (Å²) in [5.41, 5.74) is 6.39. The van der Waals surface area contributed by atoms with Gasteiger partial charge in [0.05, 0.1) is 18.7 Å². The highest BCUT2D eigenvalue weighted by molar-refractivity contribution is 6.30. The van der Waals surface area contributed by atoms with Crippen molar-refractivity contribution in [1.82, 2.24) is 9.80 Å². The first-order valence-electron chi connectivity index (χ1n) is 7.19. The molecule has 0 spiro atoms. The summed E-state index contributed by atoms with van der Waals surface area (Å²) in [5, 5.41) is 0.709. The Hall–Kier alpha value is -1.63. The summed E-state index contributed by atoms with van der Waals surface area (Å²) < 4.78 is 5.61. The average Bonchev–Trinajstić information content (AvgIpc) is 2.87. The number of rotatable bonds is 4. The van der Waals surface area contributed by atoms with Gasteiger partial charge in [0.25, 0.3) is 0 Å². The van der Waals surface area contributed by atoms with Crippen molar-refractivity contribution >= 4 is 23.4 Å². The summed E-state index contributed by atoms with van der Waals surface area (Å²) in [6.45, 7) is 2.13. The van der Waals surface area contributed by atoms with Crippen LogP contribution in [0.15, 0.2) is 24.3 Å². The van der Waals surface area contributed by atoms with Crippen LogP contribution in [-0.2, 0) is 20.9 Å². The van der Waals surface area contributed by atoms with Crippen molar-refractivity contribution in [2.24, 2.45) is 5.73 Å². The maximum Gasteiger partial charge on any atom is 0.249 e. The van der Waals surface area contributed by atoms with Gasteiger partial charge >= 0.3 is 0 Å². The van der Waals surface area contributed by atoms with Gasteiger partial charge in [-0.25, -0.2) is 0 Å². The number of likely N-dealkylation sites (tertiary alicyclic amines) is 1. The molecule has 0 radical (unpaired) electrons. The van der Waals surface area contributed by atoms with Crippen LogP contribution < -0.4 is 5.73 Å². The number of fused-ring (bicyclic) bond motifs is 1. The molecule has 7 heteroatoms. The Morgan fingerprint density at radius 2 is 2.05 bits per heavy atom. The van der Waals surface area contributed by atoms with E-state index >= 15 is 0 Å². The molecule has 3 rings (SSSR count). The number of carbonyl (C=O) groups is 2. The van der Waals surface area contributed by atoms with Crippen molar-refractivity contribution in [2.75, 3.05) is 26.2 Å². The molecule has 1 aromatic rings. The zero-order valence-corrected chi connectivity index (χ0v) is 12.8. The molecule has 22 heavy (non-hydrogen) atoms. The predicted octanol–water partition coefficient (Wildman–Crippen LogP) is 0.237. The molecule has 2 aliphatic rings. The maximum absolute atomic E-state index is 11.9. The topological polar surface area (TPSA) is 75.9 Å². The fraction of sp³-hybridized carbons (Fsp3) is 0.467. The van der Waals surface area contributed by atoms with Crippen molar-refractivity contribution in [2.45, 2.75) is 18.7 Å². The highest BCUT2D eigenvalue weighted by atomic mass is 35.5. The lowest BCUT2D eigenvalue weighted by Gasteiger charge is -2.35. The van der Waals surface area contributed by atoms with E-state index in [0.717, 1.165) is 18.7 Å². The van der Waals surface area contributed by atoms with Gasteiger partial charge in [-0.3, -0.25) is 14.5 Å². The fourth-order valence-corrected chi connectivity index (χ4v) is 3.22. The molecule has 2 amide bonds. The van der Waals surface area contributed by atoms with Crippen LogP contribution >= 0.6 is 11.6 Å². The maximum atomic E-state index is 11.9. The Balaban J connectivity index is 1.67. The first-order chi connectivity index (χ1) is 10.5. The second-order valence-electron chi connectivity index (χ2n) is 5.73. The van der Waals surface area contributed by atoms with Crippen LogP contribution in [0, 0.1) is 0 Å². The Morgan fingerprint density at radius 3 is 2.73 bits per heavy atom. The van der Waals surface area contributed by atoms with E-state index in [0.29, 0.717) is 11.6 Å². The zero-order valence-electron chi connectivity index (χ0n) is 12.1. The number of benzene rings is 1. The van der Waals surface area contributed by atoms with E-state index in [1.54, 1.807) is 4.90 Å². The quantitative estimate of drug-likeness (QED) is 0.861. The smallest absolute Gasteiger partial charge is 0.249 e. The number of primary amides is 1. The number of morpholine rings is 1. The minimum Gasteiger partial charge on any atom is -0.368 e. The van der Waals surface area contributed by atoms with E-state index in [1.807, 2.05) is 24.3 Å². The summed E-state index contributed by atoms with van der Waals surface area (Å²) in [6.07, 6.45) is -0.0654. The molecule has 2 fully saturated rings. The predicted molar refractivity (Wildman–Crippen MR) is 81.2 cm³/mol. The standard InChI is InChI=1S/C15H18ClN3O3/c16-11-3-1-10(2-4-11)5-18-6-12-13(7-18)22-9-15(21)19(12)8-14(17)20/h1-4,12-13H,5-9H2,(H2,17,20)/t12-,13+/m1/s1. The Bertz CT molecular complexity index is 578. The molecule has 2 saturated heterocycles. The largest absolute Gasteiger partial charge is 0.368 e. The van der Waals surface area contributed by atoms with Gasteiger partial charge in [0, 0.05) is 24.7 Å². The van der Waals surface area contributed by atoms with Crippen LogP contribution in [0.25, 0.3) is 0 Å². The number of hydrogen-bond acceptors (Lipinski definition) is 4. The van der Waals surface area contributed by atoms with E-state index < -0.39 is 5.91 Å². The molecule has 1 aromatic carbocycles. The molecule has 2 N–H and O–H groups in total. The van der Waals surface area contributed by atoms with Gasteiger partial charge in [-0.15, -0.1) is 0 Å². The Labute approximate surface area is 133 Å². The molecular weight excluding hydrogens is 306 g/mol. The number of ether oxygens (including phenoxy) is 1. The van der Waals surface area contributed by atoms with Crippen LogP contribution in [0.1, 0.15) is 5.56 Å². The molecular formula is C15H18ClN3O3. The fourth-order valence-electron chi connectivity index (χ4n) is 3.09. The van der Waals surface area contributed by atoms with Crippen LogP contribution in [0.3, 0.4) is 0 Å². The Kier molecular flexibility index (Phi) is 4.33. The highest BCUT2D eigenvalue weighted by Gasteiger charge is 2.43. The summed E-state index contributed by atoms with van der Waals surface area (Å²) in [6, 6.07) is 7.58. The minimum absolute atomic E-state index is 0.0171. The van der Waals surface area contributed by atoms with Gasteiger partial charge in [-0.2, -0.15) is 0 Å². The lowest BCUT2D eigenvalue weighted by Crippen LogP contribution is -2.56. The minimum atomic E-state index is -0.495. The number of hydrogen-bond donors (Lipinski definition) is 1. The molecule has 2 aliphatic heterocycles. The van der Waals surface area contributed by atoms with E-state index in [-0.39, 0.29) is 31.2 Å². The van der Waals surface area contributed by atoms with Crippen molar-refractivity contribution in [3.63, 3.8) is 0 Å². The van der Waals surface area contributed by atoms with Crippen molar-refractivity contribution < 1.29 is 14.3 Å². The van der Waals surface area contributed by atoms with Gasteiger partial charge < -0.3 is 15.4 Å². The highest BCUT2D eigenvalue weighted by Crippen LogP contribution is 2.25. The van der Waals surface area contributed by atoms with Crippen molar-refractivity contribution in [1.29, 1.82) is 0 Å². The third-order valence-corrected chi connectivity index (χ3v) is 4.35. The van der Waals surface area contributed by atoms with Gasteiger partial charge in [0.1, 0.15) is 6.61 Å². The molecule has 0 aromatic heterocycles. The summed E-state index contributed by atoms with van der Waals surface area (Å²) >= 11 is 5.89. The average molecular weight is 324 g/mol. The van der Waals surface area contributed by atoms with Gasteiger partial charge in [0.2, 0.25) is 11.8 Å². The SMILES string of the molecule is NC(=O)CN1C(=O)CO[C@H]2CN(Cc3ccc(Cl)cc3)C[C@H]21. The summed E-state index contributed by atoms with van der Waals surface area (Å²) in [5.74, 6) is -0.668. The molecule has 0 bridgehead atoms. The number of nitrogens with zero attached hydrogens (tertiary/aromatic N) is 2. The monoisotopic (exact) mass is 323 g/mol. The van der Waals surface area contributed by atoms with E-state index in [2.05, 4.69) is 4.90 Å². The van der Waals surface area contributed by atoms with Gasteiger partial charge in [0.15, 0.2) is 0 Å². The molecule has 0 unspecified atom stereocenters. The zero-order chi connectivity index (χ0) is 15.7. The normalized spacial score (nSPS) is 25.3. The molecule has 118 valence electrons. The Morgan fingerprint density at radius 1 is 1.32 bits per heavy atom. The van der Waals surface area contributed by atoms with Crippen LogP contribution in [0.5, 0.6) is 0 Å². The number of carbonyl (C=O) groups excluding carboxylic acids is 2. The number of nitrogens with two attached hydrogens (primary N) is 1. The molecule has 2 heterocycles. The second-order valence-corrected chi connectivity index (χ2v) is 6.16.